The molecule has 0 saturated carbocycles. The molecule has 2 aromatic rings. The Kier molecular flexibility index (Phi) is 7.43. The highest BCUT2D eigenvalue weighted by atomic mass is 19.4. The van der Waals surface area contributed by atoms with Gasteiger partial charge in [0.1, 0.15) is 5.75 Å². The minimum atomic E-state index is -4.39. The Morgan fingerprint density at radius 2 is 1.81 bits per heavy atom. The van der Waals surface area contributed by atoms with Crippen molar-refractivity contribution in [3.63, 3.8) is 0 Å². The molecule has 0 radical (unpaired) electrons. The zero-order valence-electron chi connectivity index (χ0n) is 18.4. The fraction of sp³-hybridized carbons (Fsp3) is 0.417. The molecule has 1 heterocycles. The molecule has 1 atom stereocenters. The Morgan fingerprint density at radius 1 is 1.16 bits per heavy atom. The van der Waals surface area contributed by atoms with Gasteiger partial charge in [0, 0.05) is 19.4 Å². The van der Waals surface area contributed by atoms with Gasteiger partial charge in [-0.1, -0.05) is 31.1 Å². The van der Waals surface area contributed by atoms with Crippen molar-refractivity contribution in [1.29, 1.82) is 0 Å². The molecule has 2 aromatic carbocycles. The van der Waals surface area contributed by atoms with Crippen LogP contribution in [0.25, 0.3) is 0 Å². The standard InChI is InChI=1S/C24H27F3N2O3/c1-16(2)12-23(30)29(14-17-4-8-19(9-5-17)24(25,26)27)15-21-13-22(28-32-21)18-6-10-20(31-3)11-7-18/h4-11,16,21H,12-15H2,1-3H3. The van der Waals surface area contributed by atoms with Crippen LogP contribution >= 0.6 is 0 Å². The summed E-state index contributed by atoms with van der Waals surface area (Å²) in [7, 11) is 1.60. The van der Waals surface area contributed by atoms with Crippen molar-refractivity contribution in [3.05, 3.63) is 65.2 Å². The number of alkyl halides is 3. The molecule has 3 rings (SSSR count). The molecular formula is C24H27F3N2O3. The van der Waals surface area contributed by atoms with E-state index in [9.17, 15) is 18.0 Å². The van der Waals surface area contributed by atoms with Crippen LogP contribution in [0.1, 0.15) is 43.4 Å². The predicted octanol–water partition coefficient (Wildman–Crippen LogP) is 5.28. The highest BCUT2D eigenvalue weighted by Gasteiger charge is 2.30. The minimum Gasteiger partial charge on any atom is -0.497 e. The van der Waals surface area contributed by atoms with Gasteiger partial charge in [-0.15, -0.1) is 0 Å². The van der Waals surface area contributed by atoms with Crippen molar-refractivity contribution in [1.82, 2.24) is 4.90 Å². The van der Waals surface area contributed by atoms with E-state index < -0.39 is 11.7 Å². The molecule has 0 fully saturated rings. The van der Waals surface area contributed by atoms with E-state index in [2.05, 4.69) is 5.16 Å². The number of methoxy groups -OCH3 is 1. The van der Waals surface area contributed by atoms with E-state index in [0.29, 0.717) is 24.9 Å². The average molecular weight is 448 g/mol. The molecule has 0 aliphatic carbocycles. The highest BCUT2D eigenvalue weighted by molar-refractivity contribution is 6.01. The van der Waals surface area contributed by atoms with Crippen LogP contribution in [0, 0.1) is 5.92 Å². The van der Waals surface area contributed by atoms with Crippen molar-refractivity contribution in [2.45, 2.75) is 45.5 Å². The monoisotopic (exact) mass is 448 g/mol. The lowest BCUT2D eigenvalue weighted by molar-refractivity contribution is -0.138. The van der Waals surface area contributed by atoms with Crippen molar-refractivity contribution in [3.8, 4) is 5.75 Å². The van der Waals surface area contributed by atoms with Crippen LogP contribution in [0.3, 0.4) is 0 Å². The number of rotatable bonds is 8. The number of amides is 1. The number of halogens is 3. The number of ether oxygens (including phenoxy) is 1. The fourth-order valence-corrected chi connectivity index (χ4v) is 3.48. The van der Waals surface area contributed by atoms with Gasteiger partial charge in [0.25, 0.3) is 0 Å². The number of hydrogen-bond acceptors (Lipinski definition) is 4. The Hall–Kier alpha value is -3.03. The van der Waals surface area contributed by atoms with Gasteiger partial charge in [-0.2, -0.15) is 13.2 Å². The van der Waals surface area contributed by atoms with Gasteiger partial charge in [0.15, 0.2) is 6.10 Å². The molecule has 1 aliphatic heterocycles. The summed E-state index contributed by atoms with van der Waals surface area (Å²) in [5, 5.41) is 4.17. The molecule has 0 aromatic heterocycles. The van der Waals surface area contributed by atoms with Gasteiger partial charge < -0.3 is 14.5 Å². The highest BCUT2D eigenvalue weighted by Crippen LogP contribution is 2.29. The molecule has 0 spiro atoms. The molecule has 0 N–H and O–H groups in total. The number of carbonyl (C=O) groups is 1. The average Bonchev–Trinajstić information content (AvgIpc) is 3.21. The van der Waals surface area contributed by atoms with Gasteiger partial charge in [-0.05, 0) is 53.4 Å². The van der Waals surface area contributed by atoms with Gasteiger partial charge in [-0.3, -0.25) is 4.79 Å². The van der Waals surface area contributed by atoms with E-state index in [1.54, 1.807) is 12.0 Å². The van der Waals surface area contributed by atoms with Gasteiger partial charge in [-0.25, -0.2) is 0 Å². The van der Waals surface area contributed by atoms with Crippen molar-refractivity contribution < 1.29 is 27.5 Å². The van der Waals surface area contributed by atoms with Gasteiger partial charge >= 0.3 is 6.18 Å². The summed E-state index contributed by atoms with van der Waals surface area (Å²) in [4.78, 5) is 20.0. The van der Waals surface area contributed by atoms with Crippen molar-refractivity contribution >= 4 is 11.6 Å². The van der Waals surface area contributed by atoms with E-state index in [1.807, 2.05) is 38.1 Å². The number of benzene rings is 2. The quantitative estimate of drug-likeness (QED) is 0.552. The smallest absolute Gasteiger partial charge is 0.416 e. The molecule has 32 heavy (non-hydrogen) atoms. The van der Waals surface area contributed by atoms with Crippen molar-refractivity contribution in [2.24, 2.45) is 11.1 Å². The number of hydrogen-bond donors (Lipinski definition) is 0. The van der Waals surface area contributed by atoms with Crippen LogP contribution in [0.15, 0.2) is 53.7 Å². The summed E-state index contributed by atoms with van der Waals surface area (Å²) in [6, 6.07) is 12.4. The summed E-state index contributed by atoms with van der Waals surface area (Å²) >= 11 is 0. The van der Waals surface area contributed by atoms with Crippen LogP contribution in [-0.2, 0) is 22.4 Å². The van der Waals surface area contributed by atoms with Crippen LogP contribution in [0.5, 0.6) is 5.75 Å². The third-order valence-electron chi connectivity index (χ3n) is 5.17. The molecule has 1 unspecified atom stereocenters. The minimum absolute atomic E-state index is 0.0682. The maximum atomic E-state index is 12.8. The van der Waals surface area contributed by atoms with Crippen LogP contribution in [0.4, 0.5) is 13.2 Å². The van der Waals surface area contributed by atoms with Gasteiger partial charge in [0.2, 0.25) is 5.91 Å². The molecular weight excluding hydrogens is 421 g/mol. The van der Waals surface area contributed by atoms with Gasteiger partial charge in [0.05, 0.1) is 24.9 Å². The Labute approximate surface area is 185 Å². The van der Waals surface area contributed by atoms with E-state index >= 15 is 0 Å². The third-order valence-corrected chi connectivity index (χ3v) is 5.17. The van der Waals surface area contributed by atoms with Crippen LogP contribution in [-0.4, -0.2) is 36.3 Å². The summed E-state index contributed by atoms with van der Waals surface area (Å²) in [5.74, 6) is 0.835. The second-order valence-corrected chi connectivity index (χ2v) is 8.26. The maximum absolute atomic E-state index is 12.8. The lowest BCUT2D eigenvalue weighted by atomic mass is 10.0. The third kappa shape index (κ3) is 6.24. The first-order valence-electron chi connectivity index (χ1n) is 10.5. The SMILES string of the molecule is COc1ccc(C2=NOC(CN(Cc3ccc(C(F)(F)F)cc3)C(=O)CC(C)C)C2)cc1. The fourth-order valence-electron chi connectivity index (χ4n) is 3.48. The van der Waals surface area contributed by atoms with E-state index in [4.69, 9.17) is 9.57 Å². The normalized spacial score (nSPS) is 16.0. The topological polar surface area (TPSA) is 51.1 Å². The largest absolute Gasteiger partial charge is 0.497 e. The van der Waals surface area contributed by atoms with Crippen molar-refractivity contribution in [2.75, 3.05) is 13.7 Å². The Morgan fingerprint density at radius 3 is 2.38 bits per heavy atom. The summed E-state index contributed by atoms with van der Waals surface area (Å²) in [5.41, 5.74) is 1.61. The van der Waals surface area contributed by atoms with Crippen LogP contribution < -0.4 is 4.74 Å². The van der Waals surface area contributed by atoms with Crippen LogP contribution in [0.2, 0.25) is 0 Å². The Balaban J connectivity index is 1.67. The second kappa shape index (κ2) is 10.1. The molecule has 172 valence electrons. The molecule has 8 heteroatoms. The summed E-state index contributed by atoms with van der Waals surface area (Å²) in [6.45, 7) is 4.41. The predicted molar refractivity (Wildman–Crippen MR) is 115 cm³/mol. The molecule has 1 amide bonds. The summed E-state index contributed by atoms with van der Waals surface area (Å²) < 4.78 is 43.7. The molecule has 5 nitrogen and oxygen atoms in total. The number of oxime groups is 1. The first kappa shape index (κ1) is 23.6. The first-order valence-corrected chi connectivity index (χ1v) is 10.5. The zero-order valence-corrected chi connectivity index (χ0v) is 18.4. The molecule has 0 bridgehead atoms. The molecule has 1 aliphatic rings. The summed E-state index contributed by atoms with van der Waals surface area (Å²) in [6.07, 6.45) is -3.83. The lowest BCUT2D eigenvalue weighted by Gasteiger charge is -2.26. The van der Waals surface area contributed by atoms with E-state index in [-0.39, 0.29) is 24.5 Å². The van der Waals surface area contributed by atoms with E-state index in [1.165, 1.54) is 12.1 Å². The van der Waals surface area contributed by atoms with E-state index in [0.717, 1.165) is 29.2 Å². The lowest BCUT2D eigenvalue weighted by Crippen LogP contribution is -2.37. The number of carbonyl (C=O) groups excluding carboxylic acids is 1. The first-order chi connectivity index (χ1) is 15.2. The zero-order chi connectivity index (χ0) is 23.3. The molecule has 0 saturated heterocycles. The maximum Gasteiger partial charge on any atom is 0.416 e. The number of nitrogens with zero attached hydrogens (tertiary/aromatic N) is 2. The second-order valence-electron chi connectivity index (χ2n) is 8.26. The Bertz CT molecular complexity index is 938.